The van der Waals surface area contributed by atoms with Gasteiger partial charge in [-0.3, -0.25) is 9.59 Å². The van der Waals surface area contributed by atoms with Crippen LogP contribution in [0.15, 0.2) is 72.1 Å². The second kappa shape index (κ2) is 7.77. The van der Waals surface area contributed by atoms with Crippen LogP contribution in [-0.4, -0.2) is 17.9 Å². The fourth-order valence-corrected chi connectivity index (χ4v) is 3.07. The number of ketones is 1. The topological polar surface area (TPSA) is 58.2 Å². The predicted molar refractivity (Wildman–Crippen MR) is 101 cm³/mol. The maximum Gasteiger partial charge on any atom is 0.263 e. The third kappa shape index (κ3) is 4.33. The first-order valence-corrected chi connectivity index (χ1v) is 8.78. The molecule has 0 saturated carbocycles. The number of carbonyl (C=O) groups is 2. The minimum atomic E-state index is -0.848. The Morgan fingerprint density at radius 3 is 2.44 bits per heavy atom. The average Bonchev–Trinajstić information content (AvgIpc) is 3.16. The standard InChI is InChI=1S/C20H18N2O2S/c1-14-7-5-10-16(13-14)21-19(18(23)15-8-3-2-4-9-15)22-20(24)17-11-6-12-25-17/h2-13,19,21H,1H3,(H,22,24)/t19-/m1/s1. The van der Waals surface area contributed by atoms with Crippen molar-refractivity contribution in [2.45, 2.75) is 13.1 Å². The minimum Gasteiger partial charge on any atom is -0.359 e. The lowest BCUT2D eigenvalue weighted by Gasteiger charge is -2.20. The summed E-state index contributed by atoms with van der Waals surface area (Å²) in [6.45, 7) is 1.98. The van der Waals surface area contributed by atoms with Crippen molar-refractivity contribution in [3.8, 4) is 0 Å². The number of nitrogens with one attached hydrogen (secondary N) is 2. The highest BCUT2D eigenvalue weighted by molar-refractivity contribution is 7.12. The van der Waals surface area contributed by atoms with Crippen molar-refractivity contribution >= 4 is 28.7 Å². The Balaban J connectivity index is 1.85. The molecule has 126 valence electrons. The molecule has 2 aromatic carbocycles. The Morgan fingerprint density at radius 1 is 0.960 bits per heavy atom. The molecule has 4 nitrogen and oxygen atoms in total. The zero-order valence-corrected chi connectivity index (χ0v) is 14.5. The van der Waals surface area contributed by atoms with E-state index in [0.717, 1.165) is 11.3 Å². The van der Waals surface area contributed by atoms with E-state index in [1.165, 1.54) is 11.3 Å². The van der Waals surface area contributed by atoms with Crippen molar-refractivity contribution in [1.82, 2.24) is 5.32 Å². The van der Waals surface area contributed by atoms with Crippen LogP contribution < -0.4 is 10.6 Å². The van der Waals surface area contributed by atoms with E-state index in [-0.39, 0.29) is 11.7 Å². The van der Waals surface area contributed by atoms with Gasteiger partial charge >= 0.3 is 0 Å². The number of thiophene rings is 1. The molecule has 1 amide bonds. The molecule has 0 unspecified atom stereocenters. The smallest absolute Gasteiger partial charge is 0.263 e. The molecule has 0 spiro atoms. The Morgan fingerprint density at radius 2 is 1.76 bits per heavy atom. The van der Waals surface area contributed by atoms with Gasteiger partial charge in [-0.25, -0.2) is 0 Å². The highest BCUT2D eigenvalue weighted by Crippen LogP contribution is 2.14. The van der Waals surface area contributed by atoms with Gasteiger partial charge in [0, 0.05) is 11.3 Å². The summed E-state index contributed by atoms with van der Waals surface area (Å²) >= 11 is 1.34. The fraction of sp³-hybridized carbons (Fsp3) is 0.100. The van der Waals surface area contributed by atoms with Crippen LogP contribution in [0.25, 0.3) is 0 Å². The van der Waals surface area contributed by atoms with Gasteiger partial charge < -0.3 is 10.6 Å². The molecule has 0 aliphatic rings. The fourth-order valence-electron chi connectivity index (χ4n) is 2.45. The molecular formula is C20H18N2O2S. The van der Waals surface area contributed by atoms with Crippen LogP contribution in [0, 0.1) is 6.92 Å². The largest absolute Gasteiger partial charge is 0.359 e. The number of rotatable bonds is 6. The number of aryl methyl sites for hydroxylation is 1. The molecule has 1 aromatic heterocycles. The molecule has 5 heteroatoms. The molecule has 1 atom stereocenters. The molecule has 0 fully saturated rings. The molecule has 0 bridgehead atoms. The maximum atomic E-state index is 12.9. The van der Waals surface area contributed by atoms with Gasteiger partial charge in [0.2, 0.25) is 5.78 Å². The Bertz CT molecular complexity index is 860. The monoisotopic (exact) mass is 350 g/mol. The predicted octanol–water partition coefficient (Wildman–Crippen LogP) is 4.11. The number of amides is 1. The normalized spacial score (nSPS) is 11.6. The van der Waals surface area contributed by atoms with Gasteiger partial charge in [-0.05, 0) is 36.1 Å². The van der Waals surface area contributed by atoms with Crippen LogP contribution >= 0.6 is 11.3 Å². The average molecular weight is 350 g/mol. The number of hydrogen-bond donors (Lipinski definition) is 2. The van der Waals surface area contributed by atoms with Gasteiger partial charge in [-0.15, -0.1) is 11.3 Å². The summed E-state index contributed by atoms with van der Waals surface area (Å²) in [6.07, 6.45) is -0.848. The molecular weight excluding hydrogens is 332 g/mol. The van der Waals surface area contributed by atoms with E-state index in [1.807, 2.05) is 48.7 Å². The van der Waals surface area contributed by atoms with E-state index in [9.17, 15) is 9.59 Å². The Kier molecular flexibility index (Phi) is 5.26. The van der Waals surface area contributed by atoms with Crippen LogP contribution in [0.2, 0.25) is 0 Å². The SMILES string of the molecule is Cc1cccc(N[C@H](NC(=O)c2cccs2)C(=O)c2ccccc2)c1. The van der Waals surface area contributed by atoms with E-state index in [1.54, 1.807) is 30.3 Å². The number of Topliss-reactive ketones (excluding diaryl/α,β-unsaturated/α-hetero) is 1. The van der Waals surface area contributed by atoms with Crippen molar-refractivity contribution in [2.24, 2.45) is 0 Å². The van der Waals surface area contributed by atoms with Gasteiger partial charge in [0.1, 0.15) is 0 Å². The van der Waals surface area contributed by atoms with Crippen molar-refractivity contribution in [3.63, 3.8) is 0 Å². The van der Waals surface area contributed by atoms with Crippen molar-refractivity contribution in [2.75, 3.05) is 5.32 Å². The lowest BCUT2D eigenvalue weighted by Crippen LogP contribution is -2.46. The highest BCUT2D eigenvalue weighted by Gasteiger charge is 2.23. The van der Waals surface area contributed by atoms with Crippen LogP contribution in [0.3, 0.4) is 0 Å². The van der Waals surface area contributed by atoms with Gasteiger partial charge in [0.15, 0.2) is 6.17 Å². The molecule has 0 saturated heterocycles. The molecule has 25 heavy (non-hydrogen) atoms. The van der Waals surface area contributed by atoms with E-state index >= 15 is 0 Å². The van der Waals surface area contributed by atoms with Gasteiger partial charge in [0.05, 0.1) is 4.88 Å². The summed E-state index contributed by atoms with van der Waals surface area (Å²) in [4.78, 5) is 25.8. The molecule has 0 radical (unpaired) electrons. The second-order valence-corrected chi connectivity index (χ2v) is 6.58. The quantitative estimate of drug-likeness (QED) is 0.520. The Labute approximate surface area is 150 Å². The summed E-state index contributed by atoms with van der Waals surface area (Å²) in [7, 11) is 0. The lowest BCUT2D eigenvalue weighted by molar-refractivity contribution is 0.0872. The lowest BCUT2D eigenvalue weighted by atomic mass is 10.1. The summed E-state index contributed by atoms with van der Waals surface area (Å²) in [6, 6.07) is 20.2. The zero-order valence-electron chi connectivity index (χ0n) is 13.7. The molecule has 0 aliphatic carbocycles. The van der Waals surface area contributed by atoms with Crippen LogP contribution in [0.4, 0.5) is 5.69 Å². The number of anilines is 1. The summed E-state index contributed by atoms with van der Waals surface area (Å²) in [5, 5.41) is 7.76. The first-order chi connectivity index (χ1) is 12.1. The maximum absolute atomic E-state index is 12.9. The second-order valence-electron chi connectivity index (χ2n) is 5.63. The van der Waals surface area contributed by atoms with E-state index in [4.69, 9.17) is 0 Å². The van der Waals surface area contributed by atoms with Gasteiger partial charge in [0.25, 0.3) is 5.91 Å². The number of hydrogen-bond acceptors (Lipinski definition) is 4. The zero-order chi connectivity index (χ0) is 17.6. The third-order valence-corrected chi connectivity index (χ3v) is 4.54. The molecule has 3 aromatic rings. The van der Waals surface area contributed by atoms with Crippen LogP contribution in [0.1, 0.15) is 25.6 Å². The Hall–Kier alpha value is -2.92. The van der Waals surface area contributed by atoms with Crippen molar-refractivity contribution < 1.29 is 9.59 Å². The molecule has 2 N–H and O–H groups in total. The first kappa shape index (κ1) is 16.9. The van der Waals surface area contributed by atoms with Crippen LogP contribution in [0.5, 0.6) is 0 Å². The summed E-state index contributed by atoms with van der Waals surface area (Å²) in [5.74, 6) is -0.462. The van der Waals surface area contributed by atoms with Gasteiger partial charge in [-0.1, -0.05) is 48.5 Å². The molecule has 0 aliphatic heterocycles. The number of carbonyl (C=O) groups excluding carboxylic acids is 2. The van der Waals surface area contributed by atoms with E-state index in [0.29, 0.717) is 10.4 Å². The van der Waals surface area contributed by atoms with Crippen molar-refractivity contribution in [3.05, 3.63) is 88.1 Å². The van der Waals surface area contributed by atoms with Crippen molar-refractivity contribution in [1.29, 1.82) is 0 Å². The van der Waals surface area contributed by atoms with E-state index in [2.05, 4.69) is 10.6 Å². The van der Waals surface area contributed by atoms with E-state index < -0.39 is 6.17 Å². The molecule has 1 heterocycles. The minimum absolute atomic E-state index is 0.188. The summed E-state index contributed by atoms with van der Waals surface area (Å²) in [5.41, 5.74) is 2.39. The first-order valence-electron chi connectivity index (χ1n) is 7.90. The molecule has 3 rings (SSSR count). The van der Waals surface area contributed by atoms with Gasteiger partial charge in [-0.2, -0.15) is 0 Å². The van der Waals surface area contributed by atoms with Crippen LogP contribution in [-0.2, 0) is 0 Å². The highest BCUT2D eigenvalue weighted by atomic mass is 32.1. The summed E-state index contributed by atoms with van der Waals surface area (Å²) < 4.78 is 0. The number of benzene rings is 2. The third-order valence-electron chi connectivity index (χ3n) is 3.67.